The van der Waals surface area contributed by atoms with E-state index in [9.17, 15) is 0 Å². The summed E-state index contributed by atoms with van der Waals surface area (Å²) in [7, 11) is 0. The van der Waals surface area contributed by atoms with Crippen molar-refractivity contribution in [2.45, 2.75) is 159 Å². The van der Waals surface area contributed by atoms with Gasteiger partial charge in [-0.2, -0.15) is 6.42 Å². The molecule has 0 aromatic heterocycles. The molecule has 0 aromatic rings. The van der Waals surface area contributed by atoms with Gasteiger partial charge in [-0.25, -0.2) is 0 Å². The number of rotatable bonds is 10. The van der Waals surface area contributed by atoms with Crippen LogP contribution in [0.5, 0.6) is 0 Å². The summed E-state index contributed by atoms with van der Waals surface area (Å²) in [6, 6.07) is 2.07. The SMILES string of the molecule is C.CCC1=CCN(C(C)C)CC1.CCC1CN(C(C)C)C1.CCN1CCC(OC(C)C)CC1.[CH2-]CC.[CH2-]CN(C[CH2-])C(C)C.[Y+3]. The molecule has 0 saturated carbocycles. The number of nitrogens with zero attached hydrogens (tertiary/aromatic N) is 4. The van der Waals surface area contributed by atoms with E-state index in [0.29, 0.717) is 24.3 Å². The van der Waals surface area contributed by atoms with Crippen molar-refractivity contribution < 1.29 is 37.4 Å². The van der Waals surface area contributed by atoms with Crippen molar-refractivity contribution in [2.75, 3.05) is 58.9 Å². The first-order valence-corrected chi connectivity index (χ1v) is 18.0. The van der Waals surface area contributed by atoms with Gasteiger partial charge in [-0.3, -0.25) is 4.90 Å². The topological polar surface area (TPSA) is 22.2 Å². The quantitative estimate of drug-likeness (QED) is 0.166. The molecule has 3 heterocycles. The largest absolute Gasteiger partial charge is 3.00 e. The first-order valence-electron chi connectivity index (χ1n) is 18.0. The van der Waals surface area contributed by atoms with Gasteiger partial charge in [0.05, 0.1) is 12.2 Å². The fraction of sp³-hybridized carbons (Fsp3) is 0.872. The van der Waals surface area contributed by atoms with E-state index >= 15 is 0 Å². The molecule has 3 rings (SSSR count). The number of hydrogen-bond donors (Lipinski definition) is 0. The average Bonchev–Trinajstić information content (AvgIpc) is 2.94. The van der Waals surface area contributed by atoms with E-state index in [1.807, 2.05) is 6.92 Å². The van der Waals surface area contributed by atoms with Gasteiger partial charge in [0, 0.05) is 51.4 Å². The van der Waals surface area contributed by atoms with Crippen LogP contribution in [0.15, 0.2) is 11.6 Å². The summed E-state index contributed by atoms with van der Waals surface area (Å²) in [5, 5.41) is 0. The Kier molecular flexibility index (Phi) is 38.6. The van der Waals surface area contributed by atoms with Crippen LogP contribution in [0.4, 0.5) is 0 Å². The Morgan fingerprint density at radius 3 is 1.58 bits per heavy atom. The molecule has 0 N–H and O–H groups in total. The molecular formula is C39H83N4OY. The predicted octanol–water partition coefficient (Wildman–Crippen LogP) is 9.30. The molecule has 3 aliphatic rings. The van der Waals surface area contributed by atoms with E-state index in [2.05, 4.69) is 123 Å². The van der Waals surface area contributed by atoms with Crippen LogP contribution < -0.4 is 0 Å². The van der Waals surface area contributed by atoms with E-state index < -0.39 is 0 Å². The zero-order valence-electron chi connectivity index (χ0n) is 32.0. The molecule has 2 saturated heterocycles. The minimum atomic E-state index is 0. The molecule has 5 nitrogen and oxygen atoms in total. The Bertz CT molecular complexity index is 623. The second-order valence-electron chi connectivity index (χ2n) is 13.3. The second kappa shape index (κ2) is 33.2. The molecule has 3 aliphatic heterocycles. The molecule has 0 bridgehead atoms. The van der Waals surface area contributed by atoms with Crippen molar-refractivity contribution in [1.29, 1.82) is 0 Å². The zero-order valence-corrected chi connectivity index (χ0v) is 34.9. The number of piperidine rings is 1. The zero-order chi connectivity index (χ0) is 33.4. The summed E-state index contributed by atoms with van der Waals surface area (Å²) >= 11 is 0. The minimum Gasteiger partial charge on any atom is -0.375 e. The molecule has 0 aliphatic carbocycles. The third-order valence-electron chi connectivity index (χ3n) is 8.56. The second-order valence-corrected chi connectivity index (χ2v) is 13.3. The summed E-state index contributed by atoms with van der Waals surface area (Å²) < 4.78 is 5.76. The Balaban J connectivity index is -0.000000241. The maximum Gasteiger partial charge on any atom is 3.00 e. The molecule has 2 fully saturated rings. The van der Waals surface area contributed by atoms with Crippen LogP contribution in [-0.4, -0.2) is 109 Å². The van der Waals surface area contributed by atoms with Crippen molar-refractivity contribution in [1.82, 2.24) is 19.6 Å². The molecule has 0 atom stereocenters. The number of hydrogen-bond acceptors (Lipinski definition) is 5. The normalized spacial score (nSPS) is 17.8. The van der Waals surface area contributed by atoms with E-state index in [-0.39, 0.29) is 40.1 Å². The van der Waals surface area contributed by atoms with Crippen molar-refractivity contribution in [3.63, 3.8) is 0 Å². The maximum absolute atomic E-state index is 5.76. The molecule has 6 heteroatoms. The fourth-order valence-corrected chi connectivity index (χ4v) is 5.18. The standard InChI is InChI=1S/C10H21NO.C10H19N.C8H17N.C7H15N.C3H7.CH4.Y/c1-4-11-7-5-10(6-8-11)12-9(2)3;1-4-10-5-7-11(8-6-10)9(2)3;1-4-8-5-9(6-8)7(2)3;1-5-8(6-2)7(3)4;1-3-2;;/h9-10H,4-8H2,1-3H3;5,9H,4,6-8H2,1-3H3;7-8H,4-6H2,1-3H3;7H,1-2,5-6H2,3-4H3;1,3H2,2H3;1H4;/q;;;-2;-1;;+3. The fourth-order valence-electron chi connectivity index (χ4n) is 5.18. The van der Waals surface area contributed by atoms with E-state index in [0.717, 1.165) is 31.5 Å². The Hall–Kier alpha value is 0.644. The van der Waals surface area contributed by atoms with Gasteiger partial charge >= 0.3 is 32.7 Å². The average molecular weight is 713 g/mol. The number of ether oxygens (including phenoxy) is 1. The molecule has 0 radical (unpaired) electrons. The third-order valence-corrected chi connectivity index (χ3v) is 8.56. The van der Waals surface area contributed by atoms with Crippen molar-refractivity contribution in [3.05, 3.63) is 32.4 Å². The first kappa shape index (κ1) is 52.5. The van der Waals surface area contributed by atoms with Gasteiger partial charge in [0.1, 0.15) is 0 Å². The number of likely N-dealkylation sites (tertiary alicyclic amines) is 2. The van der Waals surface area contributed by atoms with Crippen LogP contribution in [0.1, 0.15) is 129 Å². The third kappa shape index (κ3) is 27.2. The van der Waals surface area contributed by atoms with Gasteiger partial charge < -0.3 is 40.2 Å². The van der Waals surface area contributed by atoms with Crippen LogP contribution in [-0.2, 0) is 37.4 Å². The van der Waals surface area contributed by atoms with Crippen LogP contribution in [0.3, 0.4) is 0 Å². The minimum absolute atomic E-state index is 0. The van der Waals surface area contributed by atoms with Crippen LogP contribution in [0.25, 0.3) is 0 Å². The van der Waals surface area contributed by atoms with Gasteiger partial charge in [-0.05, 0) is 85.7 Å². The monoisotopic (exact) mass is 713 g/mol. The van der Waals surface area contributed by atoms with Crippen LogP contribution >= 0.6 is 0 Å². The summed E-state index contributed by atoms with van der Waals surface area (Å²) in [5.74, 6) is 1.01. The molecule has 45 heavy (non-hydrogen) atoms. The maximum atomic E-state index is 5.76. The Morgan fingerprint density at radius 1 is 0.822 bits per heavy atom. The summed E-state index contributed by atoms with van der Waals surface area (Å²) in [4.78, 5) is 9.72. The molecule has 0 amide bonds. The van der Waals surface area contributed by atoms with Crippen LogP contribution in [0.2, 0.25) is 0 Å². The van der Waals surface area contributed by atoms with Gasteiger partial charge in [0.15, 0.2) is 0 Å². The van der Waals surface area contributed by atoms with Crippen molar-refractivity contribution >= 4 is 0 Å². The van der Waals surface area contributed by atoms with E-state index in [4.69, 9.17) is 4.74 Å². The van der Waals surface area contributed by atoms with Gasteiger partial charge in [-0.1, -0.05) is 67.0 Å². The van der Waals surface area contributed by atoms with E-state index in [1.54, 1.807) is 5.57 Å². The molecule has 0 spiro atoms. The van der Waals surface area contributed by atoms with Gasteiger partial charge in [0.25, 0.3) is 0 Å². The summed E-state index contributed by atoms with van der Waals surface area (Å²) in [5.41, 5.74) is 1.64. The molecular weight excluding hydrogens is 629 g/mol. The Morgan fingerprint density at radius 2 is 1.31 bits per heavy atom. The van der Waals surface area contributed by atoms with Crippen molar-refractivity contribution in [2.24, 2.45) is 5.92 Å². The predicted molar refractivity (Wildman–Crippen MR) is 201 cm³/mol. The summed E-state index contributed by atoms with van der Waals surface area (Å²) in [6.45, 7) is 47.8. The first-order chi connectivity index (χ1) is 20.3. The van der Waals surface area contributed by atoms with Gasteiger partial charge in [-0.15, -0.1) is 13.1 Å². The van der Waals surface area contributed by atoms with Crippen LogP contribution in [0, 0.1) is 26.7 Å². The smallest absolute Gasteiger partial charge is 0.375 e. The molecule has 268 valence electrons. The summed E-state index contributed by atoms with van der Waals surface area (Å²) in [6.07, 6.45) is 10.6. The van der Waals surface area contributed by atoms with Gasteiger partial charge in [0.2, 0.25) is 0 Å². The molecule has 0 aromatic carbocycles. The van der Waals surface area contributed by atoms with E-state index in [1.165, 1.54) is 77.9 Å². The molecule has 0 unspecified atom stereocenters. The Labute approximate surface area is 311 Å². The van der Waals surface area contributed by atoms with Crippen molar-refractivity contribution in [3.8, 4) is 0 Å².